The van der Waals surface area contributed by atoms with Crippen molar-refractivity contribution >= 4 is 56.4 Å². The summed E-state index contributed by atoms with van der Waals surface area (Å²) in [4.78, 5) is 15.6. The largest absolute Gasteiger partial charge is 0.495 e. The van der Waals surface area contributed by atoms with Gasteiger partial charge in [0, 0.05) is 31.7 Å². The number of amides is 1. The van der Waals surface area contributed by atoms with Crippen LogP contribution < -0.4 is 9.64 Å². The van der Waals surface area contributed by atoms with Crippen molar-refractivity contribution in [1.29, 1.82) is 0 Å². The first-order valence-electron chi connectivity index (χ1n) is 9.57. The quantitative estimate of drug-likeness (QED) is 0.525. The van der Waals surface area contributed by atoms with E-state index >= 15 is 0 Å². The summed E-state index contributed by atoms with van der Waals surface area (Å²) in [7, 11) is 1.52. The van der Waals surface area contributed by atoms with Crippen molar-refractivity contribution in [2.45, 2.75) is 36.9 Å². The number of piperazine rings is 1. The van der Waals surface area contributed by atoms with Crippen LogP contribution in [0.1, 0.15) is 13.8 Å². The van der Waals surface area contributed by atoms with Crippen molar-refractivity contribution < 1.29 is 22.7 Å². The predicted molar refractivity (Wildman–Crippen MR) is 119 cm³/mol. The van der Waals surface area contributed by atoms with Gasteiger partial charge in [-0.15, -0.1) is 0 Å². The lowest BCUT2D eigenvalue weighted by atomic mass is 10.1. The Morgan fingerprint density at radius 2 is 1.94 bits per heavy atom. The molecule has 2 aliphatic heterocycles. The zero-order valence-electron chi connectivity index (χ0n) is 17.1. The fourth-order valence-corrected chi connectivity index (χ4v) is 4.95. The van der Waals surface area contributed by atoms with Crippen LogP contribution in [0, 0.1) is 0 Å². The molecule has 2 unspecified atom stereocenters. The molecule has 31 heavy (non-hydrogen) atoms. The van der Waals surface area contributed by atoms with E-state index in [9.17, 15) is 18.0 Å². The summed E-state index contributed by atoms with van der Waals surface area (Å²) in [5, 5.41) is 5.74. The van der Waals surface area contributed by atoms with E-state index in [-0.39, 0.29) is 18.5 Å². The van der Waals surface area contributed by atoms with E-state index in [0.717, 1.165) is 5.69 Å². The first kappa shape index (κ1) is 24.3. The van der Waals surface area contributed by atoms with Gasteiger partial charge >= 0.3 is 6.18 Å². The van der Waals surface area contributed by atoms with E-state index in [1.165, 1.54) is 12.1 Å². The van der Waals surface area contributed by atoms with Gasteiger partial charge in [-0.1, -0.05) is 39.1 Å². The summed E-state index contributed by atoms with van der Waals surface area (Å²) in [6.45, 7) is 4.68. The number of carbonyl (C=O) groups excluding carboxylic acids is 1. The van der Waals surface area contributed by atoms with Gasteiger partial charge in [-0.25, -0.2) is 0 Å². The van der Waals surface area contributed by atoms with Crippen LogP contribution in [0.3, 0.4) is 0 Å². The number of hydrogen-bond donors (Lipinski definition) is 0. The number of benzene rings is 1. The third kappa shape index (κ3) is 5.01. The molecule has 1 fully saturated rings. The molecule has 1 amide bonds. The number of rotatable bonds is 4. The summed E-state index contributed by atoms with van der Waals surface area (Å²) in [5.41, 5.74) is -0.173. The standard InChI is InChI=1S/C19H22BrCl2F3N4O2/c1-10-8-27(14-7-15(31-3)13(22)6-12(14)21)4-5-28(10)16(30)9-29-11(2)17(20)18(26-29)19(23,24)25/h6-7,10-11,17H,4-5,8-9H2,1-3H3/t10-,11?,17?/m0/s1. The number of halogens is 6. The van der Waals surface area contributed by atoms with Gasteiger partial charge in [0.2, 0.25) is 5.91 Å². The molecule has 0 bridgehead atoms. The Balaban J connectivity index is 1.68. The number of anilines is 1. The molecule has 0 spiro atoms. The Kier molecular flexibility index (Phi) is 7.22. The minimum atomic E-state index is -4.54. The second-order valence-electron chi connectivity index (χ2n) is 7.54. The number of nitrogens with zero attached hydrogens (tertiary/aromatic N) is 4. The Morgan fingerprint density at radius 1 is 1.26 bits per heavy atom. The van der Waals surface area contributed by atoms with E-state index in [1.807, 2.05) is 11.8 Å². The lowest BCUT2D eigenvalue weighted by Gasteiger charge is -2.42. The second kappa shape index (κ2) is 9.23. The molecule has 3 atom stereocenters. The molecule has 6 nitrogen and oxygen atoms in total. The number of hydrogen-bond acceptors (Lipinski definition) is 5. The number of carbonyl (C=O) groups is 1. The summed E-state index contributed by atoms with van der Waals surface area (Å²) in [6, 6.07) is 2.60. The average Bonchev–Trinajstić information content (AvgIpc) is 2.96. The van der Waals surface area contributed by atoms with Crippen LogP contribution in [-0.4, -0.2) is 77.9 Å². The summed E-state index contributed by atoms with van der Waals surface area (Å²) in [6.07, 6.45) is -4.54. The molecule has 172 valence electrons. The lowest BCUT2D eigenvalue weighted by Crippen LogP contribution is -2.56. The van der Waals surface area contributed by atoms with Gasteiger partial charge in [-0.2, -0.15) is 18.3 Å². The topological polar surface area (TPSA) is 48.4 Å². The maximum Gasteiger partial charge on any atom is 0.432 e. The third-order valence-corrected chi connectivity index (χ3v) is 7.29. The molecule has 12 heteroatoms. The fraction of sp³-hybridized carbons (Fsp3) is 0.579. The zero-order chi connectivity index (χ0) is 23.1. The first-order valence-corrected chi connectivity index (χ1v) is 11.2. The molecular formula is C19H22BrCl2F3N4O2. The van der Waals surface area contributed by atoms with E-state index in [4.69, 9.17) is 27.9 Å². The average molecular weight is 546 g/mol. The predicted octanol–water partition coefficient (Wildman–Crippen LogP) is 4.43. The molecule has 1 aromatic rings. The molecule has 0 N–H and O–H groups in total. The minimum absolute atomic E-state index is 0.178. The molecular weight excluding hydrogens is 524 g/mol. The van der Waals surface area contributed by atoms with Crippen LogP contribution in [0.25, 0.3) is 0 Å². The molecule has 3 rings (SSSR count). The number of alkyl halides is 4. The molecule has 0 saturated carbocycles. The highest BCUT2D eigenvalue weighted by Gasteiger charge is 2.48. The molecule has 0 aromatic heterocycles. The first-order chi connectivity index (χ1) is 14.4. The number of ether oxygens (including phenoxy) is 1. The molecule has 2 heterocycles. The van der Waals surface area contributed by atoms with Crippen LogP contribution in [0.4, 0.5) is 18.9 Å². The second-order valence-corrected chi connectivity index (χ2v) is 9.34. The zero-order valence-corrected chi connectivity index (χ0v) is 20.2. The number of hydrazone groups is 1. The van der Waals surface area contributed by atoms with Crippen molar-refractivity contribution in [1.82, 2.24) is 9.91 Å². The normalized spacial score (nSPS) is 24.5. The molecule has 1 saturated heterocycles. The van der Waals surface area contributed by atoms with Crippen molar-refractivity contribution in [3.05, 3.63) is 22.2 Å². The Bertz CT molecular complexity index is 886. The highest BCUT2D eigenvalue weighted by Crippen LogP contribution is 2.37. The van der Waals surface area contributed by atoms with Crippen molar-refractivity contribution in [3.63, 3.8) is 0 Å². The third-order valence-electron chi connectivity index (χ3n) is 5.49. The molecule has 0 aliphatic carbocycles. The van der Waals surface area contributed by atoms with Gasteiger partial charge in [-0.05, 0) is 19.9 Å². The Hall–Kier alpha value is -1.39. The molecule has 2 aliphatic rings. The van der Waals surface area contributed by atoms with E-state index in [0.29, 0.717) is 35.4 Å². The fourth-order valence-electron chi connectivity index (χ4n) is 3.75. The van der Waals surface area contributed by atoms with Crippen molar-refractivity contribution in [3.8, 4) is 5.75 Å². The lowest BCUT2D eigenvalue weighted by molar-refractivity contribution is -0.135. The van der Waals surface area contributed by atoms with Crippen molar-refractivity contribution in [2.24, 2.45) is 5.10 Å². The van der Waals surface area contributed by atoms with E-state index in [1.54, 1.807) is 24.0 Å². The van der Waals surface area contributed by atoms with Crippen LogP contribution >= 0.6 is 39.1 Å². The Morgan fingerprint density at radius 3 is 2.48 bits per heavy atom. The monoisotopic (exact) mass is 544 g/mol. The SMILES string of the molecule is COc1cc(N2CCN(C(=O)CN3N=C(C(F)(F)F)C(Br)C3C)[C@@H](C)C2)c(Cl)cc1Cl. The summed E-state index contributed by atoms with van der Waals surface area (Å²) >= 11 is 15.5. The van der Waals surface area contributed by atoms with Crippen LogP contribution in [0.15, 0.2) is 17.2 Å². The van der Waals surface area contributed by atoms with Crippen LogP contribution in [0.5, 0.6) is 5.75 Å². The summed E-state index contributed by atoms with van der Waals surface area (Å²) in [5.74, 6) is 0.226. The van der Waals surface area contributed by atoms with Crippen LogP contribution in [-0.2, 0) is 4.79 Å². The van der Waals surface area contributed by atoms with Gasteiger partial charge < -0.3 is 14.5 Å². The maximum absolute atomic E-state index is 13.1. The van der Waals surface area contributed by atoms with E-state index < -0.39 is 22.8 Å². The minimum Gasteiger partial charge on any atom is -0.495 e. The van der Waals surface area contributed by atoms with E-state index in [2.05, 4.69) is 21.0 Å². The van der Waals surface area contributed by atoms with Crippen molar-refractivity contribution in [2.75, 3.05) is 38.2 Å². The van der Waals surface area contributed by atoms with Gasteiger partial charge in [0.05, 0.1) is 33.7 Å². The van der Waals surface area contributed by atoms with Gasteiger partial charge in [0.25, 0.3) is 0 Å². The number of methoxy groups -OCH3 is 1. The Labute approximate surface area is 197 Å². The molecule has 1 aromatic carbocycles. The van der Waals surface area contributed by atoms with Gasteiger partial charge in [0.15, 0.2) is 5.71 Å². The maximum atomic E-state index is 13.1. The highest BCUT2D eigenvalue weighted by atomic mass is 79.9. The van der Waals surface area contributed by atoms with Crippen LogP contribution in [0.2, 0.25) is 10.0 Å². The smallest absolute Gasteiger partial charge is 0.432 e. The van der Waals surface area contributed by atoms with Gasteiger partial charge in [0.1, 0.15) is 12.3 Å². The van der Waals surface area contributed by atoms with Gasteiger partial charge in [-0.3, -0.25) is 9.80 Å². The molecule has 0 radical (unpaired) electrons. The summed E-state index contributed by atoms with van der Waals surface area (Å²) < 4.78 is 44.6. The highest BCUT2D eigenvalue weighted by molar-refractivity contribution is 9.10.